The summed E-state index contributed by atoms with van der Waals surface area (Å²) in [7, 11) is 0. The lowest BCUT2D eigenvalue weighted by molar-refractivity contribution is -0.346. The molecule has 5 heteroatoms. The Hall–Kier alpha value is -2.04. The number of rotatable bonds is 2. The molecule has 2 aromatic heterocycles. The highest BCUT2D eigenvalue weighted by Gasteiger charge is 2.08. The lowest BCUT2D eigenvalue weighted by Gasteiger charge is -2.08. The molecule has 0 saturated carbocycles. The van der Waals surface area contributed by atoms with E-state index in [0.717, 1.165) is 11.0 Å². The van der Waals surface area contributed by atoms with Crippen molar-refractivity contribution in [3.05, 3.63) is 24.5 Å². The highest BCUT2D eigenvalue weighted by molar-refractivity contribution is 5.87. The van der Waals surface area contributed by atoms with Crippen LogP contribution in [0.3, 0.4) is 0 Å². The van der Waals surface area contributed by atoms with Crippen molar-refractivity contribution in [2.24, 2.45) is 0 Å². The van der Waals surface area contributed by atoms with Gasteiger partial charge in [-0.3, -0.25) is 5.32 Å². The lowest BCUT2D eigenvalue weighted by atomic mass is 10.3. The molecule has 0 fully saturated rings. The normalized spacial score (nSPS) is 10.7. The Kier molecular flexibility index (Phi) is 2.76. The van der Waals surface area contributed by atoms with Crippen LogP contribution in [0.5, 0.6) is 0 Å². The maximum Gasteiger partial charge on any atom is 0.411 e. The second-order valence-electron chi connectivity index (χ2n) is 3.78. The minimum atomic E-state index is -0.446. The van der Waals surface area contributed by atoms with Crippen LogP contribution in [-0.2, 0) is 4.74 Å². The maximum absolute atomic E-state index is 11.3. The molecule has 0 aliphatic rings. The summed E-state index contributed by atoms with van der Waals surface area (Å²) < 4.78 is 4.98. The Balaban J connectivity index is 2.11. The number of hydrogen-bond acceptors (Lipinski definition) is 2. The van der Waals surface area contributed by atoms with Gasteiger partial charge in [0.05, 0.1) is 23.4 Å². The second-order valence-corrected chi connectivity index (χ2v) is 3.78. The highest BCUT2D eigenvalue weighted by atomic mass is 16.6. The number of anilines is 1. The first-order valence-corrected chi connectivity index (χ1v) is 5.11. The van der Waals surface area contributed by atoms with Gasteiger partial charge in [-0.2, -0.15) is 0 Å². The van der Waals surface area contributed by atoms with Crippen LogP contribution in [0, 0.1) is 0 Å². The SMILES string of the molecule is CC(C)OC(=O)Nc1c[nH+]c2[nH]ccc2c1. The van der Waals surface area contributed by atoms with Gasteiger partial charge in [-0.25, -0.2) is 14.8 Å². The third kappa shape index (κ3) is 2.31. The van der Waals surface area contributed by atoms with Gasteiger partial charge in [0, 0.05) is 0 Å². The molecule has 2 aromatic rings. The number of fused-ring (bicyclic) bond motifs is 1. The molecule has 0 aromatic carbocycles. The Morgan fingerprint density at radius 2 is 2.38 bits per heavy atom. The van der Waals surface area contributed by atoms with Crippen LogP contribution >= 0.6 is 0 Å². The van der Waals surface area contributed by atoms with Crippen LogP contribution < -0.4 is 10.3 Å². The van der Waals surface area contributed by atoms with Crippen LogP contribution in [0.25, 0.3) is 11.0 Å². The molecule has 0 bridgehead atoms. The smallest absolute Gasteiger partial charge is 0.411 e. The molecule has 16 heavy (non-hydrogen) atoms. The van der Waals surface area contributed by atoms with E-state index >= 15 is 0 Å². The fourth-order valence-corrected chi connectivity index (χ4v) is 1.42. The largest absolute Gasteiger partial charge is 0.447 e. The van der Waals surface area contributed by atoms with Crippen molar-refractivity contribution in [3.63, 3.8) is 0 Å². The Morgan fingerprint density at radius 1 is 1.56 bits per heavy atom. The van der Waals surface area contributed by atoms with Crippen molar-refractivity contribution < 1.29 is 14.5 Å². The topological polar surface area (TPSA) is 68.3 Å². The molecular weight excluding hydrogens is 206 g/mol. The summed E-state index contributed by atoms with van der Waals surface area (Å²) in [5.74, 6) is 0. The number of amides is 1. The van der Waals surface area contributed by atoms with Gasteiger partial charge in [0.2, 0.25) is 0 Å². The molecule has 1 amide bonds. The van der Waals surface area contributed by atoms with Crippen LogP contribution in [0.15, 0.2) is 24.5 Å². The van der Waals surface area contributed by atoms with E-state index in [1.807, 2.05) is 18.3 Å². The van der Waals surface area contributed by atoms with Crippen molar-refractivity contribution >= 4 is 22.8 Å². The number of aromatic amines is 2. The zero-order valence-corrected chi connectivity index (χ0v) is 9.20. The van der Waals surface area contributed by atoms with E-state index in [-0.39, 0.29) is 6.10 Å². The second kappa shape index (κ2) is 4.22. The monoisotopic (exact) mass is 220 g/mol. The van der Waals surface area contributed by atoms with Crippen molar-refractivity contribution in [2.75, 3.05) is 5.32 Å². The standard InChI is InChI=1S/C11H13N3O2/c1-7(2)16-11(15)14-9-5-8-3-4-12-10(8)13-6-9/h3-7H,1-2H3,(H,12,13)(H,14,15)/p+1. The van der Waals surface area contributed by atoms with Gasteiger partial charge in [-0.15, -0.1) is 0 Å². The molecule has 2 rings (SSSR count). The van der Waals surface area contributed by atoms with Crippen molar-refractivity contribution in [3.8, 4) is 0 Å². The molecule has 0 atom stereocenters. The van der Waals surface area contributed by atoms with Crippen molar-refractivity contribution in [1.29, 1.82) is 0 Å². The van der Waals surface area contributed by atoms with Gasteiger partial charge in [-0.05, 0) is 26.0 Å². The predicted octanol–water partition coefficient (Wildman–Crippen LogP) is 1.94. The fraction of sp³-hybridized carbons (Fsp3) is 0.273. The lowest BCUT2D eigenvalue weighted by Crippen LogP contribution is -2.19. The number of hydrogen-bond donors (Lipinski definition) is 2. The fourth-order valence-electron chi connectivity index (χ4n) is 1.42. The van der Waals surface area contributed by atoms with Crippen LogP contribution in [0.4, 0.5) is 10.5 Å². The first-order chi connectivity index (χ1) is 7.65. The molecule has 3 N–H and O–H groups in total. The van der Waals surface area contributed by atoms with Gasteiger partial charge in [0.15, 0.2) is 0 Å². The number of carbonyl (C=O) groups is 1. The first kappa shape index (κ1) is 10.5. The molecule has 0 radical (unpaired) electrons. The average molecular weight is 220 g/mol. The summed E-state index contributed by atoms with van der Waals surface area (Å²) in [6, 6.07) is 3.79. The van der Waals surface area contributed by atoms with E-state index in [4.69, 9.17) is 4.74 Å². The molecule has 0 aliphatic carbocycles. The van der Waals surface area contributed by atoms with E-state index in [9.17, 15) is 4.79 Å². The number of ether oxygens (including phenoxy) is 1. The number of pyridine rings is 1. The Labute approximate surface area is 92.8 Å². The first-order valence-electron chi connectivity index (χ1n) is 5.11. The summed E-state index contributed by atoms with van der Waals surface area (Å²) in [6.07, 6.45) is 2.97. The van der Waals surface area contributed by atoms with Gasteiger partial charge in [0.1, 0.15) is 6.20 Å². The maximum atomic E-state index is 11.3. The zero-order chi connectivity index (χ0) is 11.5. The van der Waals surface area contributed by atoms with Crippen LogP contribution in [0.1, 0.15) is 13.8 Å². The molecule has 2 heterocycles. The van der Waals surface area contributed by atoms with E-state index in [2.05, 4.69) is 15.3 Å². The van der Waals surface area contributed by atoms with Gasteiger partial charge >= 0.3 is 6.09 Å². The summed E-state index contributed by atoms with van der Waals surface area (Å²) in [6.45, 7) is 3.61. The molecule has 0 spiro atoms. The van der Waals surface area contributed by atoms with E-state index in [1.165, 1.54) is 0 Å². The summed E-state index contributed by atoms with van der Waals surface area (Å²) in [5.41, 5.74) is 1.60. The highest BCUT2D eigenvalue weighted by Crippen LogP contribution is 2.12. The minimum absolute atomic E-state index is 0.125. The third-order valence-corrected chi connectivity index (χ3v) is 2.05. The summed E-state index contributed by atoms with van der Waals surface area (Å²) >= 11 is 0. The predicted molar refractivity (Wildman–Crippen MR) is 60.1 cm³/mol. The summed E-state index contributed by atoms with van der Waals surface area (Å²) in [5, 5.41) is 3.65. The van der Waals surface area contributed by atoms with Crippen molar-refractivity contribution in [2.45, 2.75) is 20.0 Å². The van der Waals surface area contributed by atoms with Gasteiger partial charge < -0.3 is 4.74 Å². The molecule has 0 saturated heterocycles. The van der Waals surface area contributed by atoms with Crippen molar-refractivity contribution in [1.82, 2.24) is 4.98 Å². The van der Waals surface area contributed by atoms with E-state index in [0.29, 0.717) is 5.69 Å². The number of carbonyl (C=O) groups excluding carboxylic acids is 1. The molecule has 0 aliphatic heterocycles. The molecule has 5 nitrogen and oxygen atoms in total. The van der Waals surface area contributed by atoms with E-state index in [1.54, 1.807) is 20.0 Å². The summed E-state index contributed by atoms with van der Waals surface area (Å²) in [4.78, 5) is 17.4. The third-order valence-electron chi connectivity index (χ3n) is 2.05. The minimum Gasteiger partial charge on any atom is -0.447 e. The Bertz CT molecular complexity index is 505. The zero-order valence-electron chi connectivity index (χ0n) is 9.20. The van der Waals surface area contributed by atoms with Gasteiger partial charge in [0.25, 0.3) is 5.65 Å². The quantitative estimate of drug-likeness (QED) is 0.812. The van der Waals surface area contributed by atoms with Crippen LogP contribution in [0.2, 0.25) is 0 Å². The Morgan fingerprint density at radius 3 is 3.12 bits per heavy atom. The molecule has 0 unspecified atom stereocenters. The van der Waals surface area contributed by atoms with Crippen LogP contribution in [-0.4, -0.2) is 17.2 Å². The number of nitrogens with one attached hydrogen (secondary N) is 3. The van der Waals surface area contributed by atoms with Gasteiger partial charge in [-0.1, -0.05) is 0 Å². The molecule has 84 valence electrons. The molecular formula is C11H14N3O2+. The van der Waals surface area contributed by atoms with E-state index < -0.39 is 6.09 Å². The average Bonchev–Trinajstić information content (AvgIpc) is 2.63. The number of H-pyrrole nitrogens is 2. The number of aromatic nitrogens is 2.